The van der Waals surface area contributed by atoms with E-state index in [2.05, 4.69) is 41.0 Å². The summed E-state index contributed by atoms with van der Waals surface area (Å²) >= 11 is 2.05. The molecular formula is C14H24N4S. The summed E-state index contributed by atoms with van der Waals surface area (Å²) in [5.41, 5.74) is 1.16. The van der Waals surface area contributed by atoms with Gasteiger partial charge in [-0.25, -0.2) is 9.97 Å². The first kappa shape index (κ1) is 14.6. The van der Waals surface area contributed by atoms with E-state index in [9.17, 15) is 0 Å². The zero-order valence-corrected chi connectivity index (χ0v) is 12.9. The fourth-order valence-corrected chi connectivity index (χ4v) is 3.68. The Morgan fingerprint density at radius 1 is 1.26 bits per heavy atom. The molecule has 1 aliphatic heterocycles. The summed E-state index contributed by atoms with van der Waals surface area (Å²) in [5.74, 6) is 0.873. The molecule has 0 aliphatic carbocycles. The predicted molar refractivity (Wildman–Crippen MR) is 82.8 cm³/mol. The van der Waals surface area contributed by atoms with Gasteiger partial charge in [0.1, 0.15) is 0 Å². The van der Waals surface area contributed by atoms with Crippen molar-refractivity contribution >= 4 is 17.7 Å². The zero-order valence-electron chi connectivity index (χ0n) is 12.1. The normalized spacial score (nSPS) is 23.6. The van der Waals surface area contributed by atoms with Gasteiger partial charge in [0.25, 0.3) is 0 Å². The second kappa shape index (κ2) is 7.10. The number of thioether (sulfide) groups is 1. The van der Waals surface area contributed by atoms with Crippen LogP contribution in [0.3, 0.4) is 0 Å². The number of rotatable bonds is 5. The van der Waals surface area contributed by atoms with Crippen molar-refractivity contribution < 1.29 is 0 Å². The molecule has 2 rings (SSSR count). The summed E-state index contributed by atoms with van der Waals surface area (Å²) in [5, 5.41) is 4.67. The molecule has 1 aliphatic rings. The van der Waals surface area contributed by atoms with Crippen LogP contribution >= 0.6 is 11.8 Å². The molecule has 2 atom stereocenters. The highest BCUT2D eigenvalue weighted by molar-refractivity contribution is 8.00. The van der Waals surface area contributed by atoms with Crippen LogP contribution in [-0.2, 0) is 6.54 Å². The summed E-state index contributed by atoms with van der Waals surface area (Å²) < 4.78 is 0. The van der Waals surface area contributed by atoms with Crippen molar-refractivity contribution in [1.29, 1.82) is 0 Å². The first-order chi connectivity index (χ1) is 9.19. The number of hydrogen-bond donors (Lipinski definition) is 1. The summed E-state index contributed by atoms with van der Waals surface area (Å²) in [6.45, 7) is 10.7. The second-order valence-corrected chi connectivity index (χ2v) is 7.11. The van der Waals surface area contributed by atoms with Crippen LogP contribution in [0.25, 0.3) is 0 Å². The van der Waals surface area contributed by atoms with Crippen molar-refractivity contribution in [3.8, 4) is 0 Å². The summed E-state index contributed by atoms with van der Waals surface area (Å²) in [6.07, 6.45) is 5.05. The molecule has 1 aromatic rings. The summed E-state index contributed by atoms with van der Waals surface area (Å²) in [6, 6.07) is 0. The molecule has 0 radical (unpaired) electrons. The Morgan fingerprint density at radius 2 is 1.89 bits per heavy atom. The molecule has 0 spiro atoms. The van der Waals surface area contributed by atoms with Gasteiger partial charge >= 0.3 is 0 Å². The van der Waals surface area contributed by atoms with E-state index < -0.39 is 0 Å². The molecule has 19 heavy (non-hydrogen) atoms. The minimum absolute atomic E-state index is 0.651. The maximum atomic E-state index is 4.52. The van der Waals surface area contributed by atoms with Crippen LogP contribution in [0.4, 0.5) is 5.95 Å². The van der Waals surface area contributed by atoms with Crippen molar-refractivity contribution in [3.05, 3.63) is 18.0 Å². The SMILES string of the molecule is CCCNCc1cnc(N2CC(C)SC(C)C2)nc1. The molecule has 0 saturated carbocycles. The van der Waals surface area contributed by atoms with E-state index in [-0.39, 0.29) is 0 Å². The molecule has 1 saturated heterocycles. The van der Waals surface area contributed by atoms with Crippen molar-refractivity contribution in [2.75, 3.05) is 24.5 Å². The Labute approximate surface area is 120 Å². The fraction of sp³-hybridized carbons (Fsp3) is 0.714. The minimum atomic E-state index is 0.651. The maximum Gasteiger partial charge on any atom is 0.225 e. The first-order valence-electron chi connectivity index (χ1n) is 7.11. The van der Waals surface area contributed by atoms with E-state index in [1.165, 1.54) is 0 Å². The molecule has 1 fully saturated rings. The minimum Gasteiger partial charge on any atom is -0.339 e. The molecule has 0 amide bonds. The van der Waals surface area contributed by atoms with Crippen LogP contribution in [-0.4, -0.2) is 40.1 Å². The Bertz CT molecular complexity index is 372. The van der Waals surface area contributed by atoms with Crippen molar-refractivity contribution in [2.45, 2.75) is 44.2 Å². The first-order valence-corrected chi connectivity index (χ1v) is 8.05. The van der Waals surface area contributed by atoms with Crippen molar-refractivity contribution in [2.24, 2.45) is 0 Å². The van der Waals surface area contributed by atoms with Gasteiger partial charge in [-0.3, -0.25) is 0 Å². The van der Waals surface area contributed by atoms with Gasteiger partial charge in [-0.15, -0.1) is 0 Å². The van der Waals surface area contributed by atoms with Gasteiger partial charge in [0.2, 0.25) is 5.95 Å². The lowest BCUT2D eigenvalue weighted by molar-refractivity contribution is 0.668. The fourth-order valence-electron chi connectivity index (χ4n) is 2.35. The third-order valence-electron chi connectivity index (χ3n) is 3.15. The average molecular weight is 280 g/mol. The van der Waals surface area contributed by atoms with E-state index in [4.69, 9.17) is 0 Å². The monoisotopic (exact) mass is 280 g/mol. The molecule has 4 nitrogen and oxygen atoms in total. The molecule has 0 aromatic carbocycles. The highest BCUT2D eigenvalue weighted by Gasteiger charge is 2.23. The molecular weight excluding hydrogens is 256 g/mol. The second-order valence-electron chi connectivity index (χ2n) is 5.23. The highest BCUT2D eigenvalue weighted by Crippen LogP contribution is 2.26. The smallest absolute Gasteiger partial charge is 0.225 e. The van der Waals surface area contributed by atoms with Gasteiger partial charge in [-0.05, 0) is 13.0 Å². The number of anilines is 1. The third kappa shape index (κ3) is 4.35. The molecule has 1 N–H and O–H groups in total. The zero-order chi connectivity index (χ0) is 13.7. The molecule has 1 aromatic heterocycles. The van der Waals surface area contributed by atoms with Crippen molar-refractivity contribution in [1.82, 2.24) is 15.3 Å². The van der Waals surface area contributed by atoms with E-state index >= 15 is 0 Å². The van der Waals surface area contributed by atoms with E-state index in [0.29, 0.717) is 10.5 Å². The van der Waals surface area contributed by atoms with Crippen LogP contribution in [0.1, 0.15) is 32.8 Å². The van der Waals surface area contributed by atoms with Crippen LogP contribution in [0.2, 0.25) is 0 Å². The molecule has 2 heterocycles. The number of aromatic nitrogens is 2. The highest BCUT2D eigenvalue weighted by atomic mass is 32.2. The van der Waals surface area contributed by atoms with Crippen LogP contribution < -0.4 is 10.2 Å². The van der Waals surface area contributed by atoms with E-state index in [0.717, 1.165) is 44.1 Å². The quantitative estimate of drug-likeness (QED) is 0.838. The van der Waals surface area contributed by atoms with Crippen LogP contribution in [0.5, 0.6) is 0 Å². The lowest BCUT2D eigenvalue weighted by Gasteiger charge is -2.34. The lowest BCUT2D eigenvalue weighted by atomic mass is 10.3. The maximum absolute atomic E-state index is 4.52. The Kier molecular flexibility index (Phi) is 5.45. The van der Waals surface area contributed by atoms with Gasteiger partial charge < -0.3 is 10.2 Å². The van der Waals surface area contributed by atoms with Gasteiger partial charge in [0, 0.05) is 48.1 Å². The molecule has 5 heteroatoms. The molecule has 0 bridgehead atoms. The van der Waals surface area contributed by atoms with E-state index in [1.54, 1.807) is 0 Å². The summed E-state index contributed by atoms with van der Waals surface area (Å²) in [7, 11) is 0. The molecule has 2 unspecified atom stereocenters. The number of nitrogens with zero attached hydrogens (tertiary/aromatic N) is 3. The largest absolute Gasteiger partial charge is 0.339 e. The van der Waals surface area contributed by atoms with Crippen molar-refractivity contribution in [3.63, 3.8) is 0 Å². The number of hydrogen-bond acceptors (Lipinski definition) is 5. The molecule has 106 valence electrons. The standard InChI is InChI=1S/C14H24N4S/c1-4-5-15-6-13-7-16-14(17-8-13)18-9-11(2)19-12(3)10-18/h7-8,11-12,15H,4-6,9-10H2,1-3H3. The van der Waals surface area contributed by atoms with Crippen LogP contribution in [0.15, 0.2) is 12.4 Å². The van der Waals surface area contributed by atoms with Gasteiger partial charge in [-0.2, -0.15) is 11.8 Å². The lowest BCUT2D eigenvalue weighted by Crippen LogP contribution is -2.41. The van der Waals surface area contributed by atoms with E-state index in [1.807, 2.05) is 24.2 Å². The van der Waals surface area contributed by atoms with Gasteiger partial charge in [0.05, 0.1) is 0 Å². The van der Waals surface area contributed by atoms with Gasteiger partial charge in [0.15, 0.2) is 0 Å². The average Bonchev–Trinajstić information content (AvgIpc) is 2.39. The Balaban J connectivity index is 1.93. The third-order valence-corrected chi connectivity index (χ3v) is 4.38. The predicted octanol–water partition coefficient (Wildman–Crippen LogP) is 2.31. The van der Waals surface area contributed by atoms with Gasteiger partial charge in [-0.1, -0.05) is 20.8 Å². The Morgan fingerprint density at radius 3 is 2.47 bits per heavy atom. The Hall–Kier alpha value is -0.810. The summed E-state index contributed by atoms with van der Waals surface area (Å²) in [4.78, 5) is 11.3. The number of nitrogens with one attached hydrogen (secondary N) is 1. The topological polar surface area (TPSA) is 41.1 Å². The van der Waals surface area contributed by atoms with Crippen LogP contribution in [0, 0.1) is 0 Å².